The molecule has 0 aliphatic rings. The van der Waals surface area contributed by atoms with Crippen LogP contribution in [0, 0.1) is 0 Å². The largest absolute Gasteiger partial charge is 0.501 e. The molecule has 11 heteroatoms. The fraction of sp³-hybridized carbons (Fsp3) is 0.111. The highest BCUT2D eigenvalue weighted by atomic mass is 35.5. The van der Waals surface area contributed by atoms with Crippen LogP contribution in [-0.2, 0) is 16.4 Å². The Bertz CT molecular complexity index is 1130. The number of nitrogens with one attached hydrogen (secondary N) is 1. The summed E-state index contributed by atoms with van der Waals surface area (Å²) in [5, 5.41) is 7.29. The molecule has 1 N–H and O–H groups in total. The second-order valence-electron chi connectivity index (χ2n) is 5.93. The van der Waals surface area contributed by atoms with Gasteiger partial charge in [0.1, 0.15) is 5.82 Å². The minimum absolute atomic E-state index is 0.00892. The molecule has 3 rings (SSSR count). The Balaban J connectivity index is 1.75. The summed E-state index contributed by atoms with van der Waals surface area (Å²) in [5.41, 5.74) is -4.54. The van der Waals surface area contributed by atoms with Crippen molar-refractivity contribution in [3.63, 3.8) is 0 Å². The molecule has 0 aliphatic heterocycles. The van der Waals surface area contributed by atoms with E-state index < -0.39 is 26.1 Å². The Morgan fingerprint density at radius 3 is 2.24 bits per heavy atom. The van der Waals surface area contributed by atoms with E-state index in [2.05, 4.69) is 10.4 Å². The molecule has 1 amide bonds. The van der Waals surface area contributed by atoms with Gasteiger partial charge >= 0.3 is 5.51 Å². The number of sulfone groups is 1. The SMILES string of the molecule is O=C(Nc1ccnn1Cc1ccc(Cl)cc1)c1ccc(S(=O)(=O)C(F)(F)F)cc1. The number of alkyl halides is 3. The minimum atomic E-state index is -5.47. The molecule has 3 aromatic rings. The number of carbonyl (C=O) groups is 1. The normalized spacial score (nSPS) is 12.0. The molecule has 0 saturated carbocycles. The first-order chi connectivity index (χ1) is 13.6. The molecule has 0 aliphatic carbocycles. The van der Waals surface area contributed by atoms with E-state index in [0.717, 1.165) is 29.8 Å². The highest BCUT2D eigenvalue weighted by Gasteiger charge is 2.46. The van der Waals surface area contributed by atoms with Gasteiger partial charge in [-0.05, 0) is 42.0 Å². The number of rotatable bonds is 5. The predicted octanol–water partition coefficient (Wildman–Crippen LogP) is 4.13. The predicted molar refractivity (Wildman–Crippen MR) is 100 cm³/mol. The lowest BCUT2D eigenvalue weighted by molar-refractivity contribution is -0.0436. The van der Waals surface area contributed by atoms with Crippen LogP contribution >= 0.6 is 11.6 Å². The van der Waals surface area contributed by atoms with Crippen LogP contribution in [0.15, 0.2) is 65.7 Å². The molecule has 6 nitrogen and oxygen atoms in total. The van der Waals surface area contributed by atoms with Gasteiger partial charge in [-0.15, -0.1) is 0 Å². The maximum atomic E-state index is 12.6. The van der Waals surface area contributed by atoms with E-state index in [-0.39, 0.29) is 5.56 Å². The second-order valence-corrected chi connectivity index (χ2v) is 8.31. The summed E-state index contributed by atoms with van der Waals surface area (Å²) >= 11 is 5.85. The average molecular weight is 444 g/mol. The quantitative estimate of drug-likeness (QED) is 0.643. The van der Waals surface area contributed by atoms with Gasteiger partial charge in [-0.2, -0.15) is 18.3 Å². The number of benzene rings is 2. The molecule has 152 valence electrons. The van der Waals surface area contributed by atoms with Gasteiger partial charge in [-0.3, -0.25) is 4.79 Å². The first kappa shape index (κ1) is 20.9. The zero-order chi connectivity index (χ0) is 21.2. The molecule has 0 saturated heterocycles. The second kappa shape index (κ2) is 7.88. The monoisotopic (exact) mass is 443 g/mol. The van der Waals surface area contributed by atoms with Gasteiger partial charge in [0.2, 0.25) is 0 Å². The lowest BCUT2D eigenvalue weighted by Crippen LogP contribution is -2.23. The summed E-state index contributed by atoms with van der Waals surface area (Å²) in [6.07, 6.45) is 1.48. The van der Waals surface area contributed by atoms with Gasteiger partial charge in [0.15, 0.2) is 0 Å². The van der Waals surface area contributed by atoms with E-state index in [9.17, 15) is 26.4 Å². The van der Waals surface area contributed by atoms with Crippen molar-refractivity contribution in [2.75, 3.05) is 5.32 Å². The van der Waals surface area contributed by atoms with E-state index in [1.54, 1.807) is 30.3 Å². The molecule has 29 heavy (non-hydrogen) atoms. The van der Waals surface area contributed by atoms with Crippen molar-refractivity contribution in [2.24, 2.45) is 0 Å². The van der Waals surface area contributed by atoms with Crippen molar-refractivity contribution in [1.29, 1.82) is 0 Å². The molecular weight excluding hydrogens is 431 g/mol. The summed E-state index contributed by atoms with van der Waals surface area (Å²) in [4.78, 5) is 11.4. The first-order valence-electron chi connectivity index (χ1n) is 8.07. The Morgan fingerprint density at radius 2 is 1.66 bits per heavy atom. The molecule has 1 heterocycles. The number of hydrogen-bond acceptors (Lipinski definition) is 4. The molecule has 1 aromatic heterocycles. The number of aromatic nitrogens is 2. The molecule has 0 atom stereocenters. The molecule has 2 aromatic carbocycles. The number of halogens is 4. The highest BCUT2D eigenvalue weighted by molar-refractivity contribution is 7.92. The molecule has 0 fully saturated rings. The van der Waals surface area contributed by atoms with Crippen LogP contribution in [0.2, 0.25) is 5.02 Å². The summed E-state index contributed by atoms with van der Waals surface area (Å²) in [6, 6.07) is 12.1. The van der Waals surface area contributed by atoms with Crippen molar-refractivity contribution in [2.45, 2.75) is 16.9 Å². The van der Waals surface area contributed by atoms with Gasteiger partial charge in [0.25, 0.3) is 15.7 Å². The summed E-state index contributed by atoms with van der Waals surface area (Å²) in [5.74, 6) is -0.268. The molecule has 0 radical (unpaired) electrons. The topological polar surface area (TPSA) is 81.1 Å². The van der Waals surface area contributed by atoms with Crippen LogP contribution in [0.5, 0.6) is 0 Å². The van der Waals surface area contributed by atoms with Gasteiger partial charge in [0.05, 0.1) is 17.6 Å². The summed E-state index contributed by atoms with van der Waals surface area (Å²) in [6.45, 7) is 0.350. The number of carbonyl (C=O) groups excluding carboxylic acids is 1. The van der Waals surface area contributed by atoms with Crippen LogP contribution in [0.4, 0.5) is 19.0 Å². The van der Waals surface area contributed by atoms with Crippen molar-refractivity contribution in [3.8, 4) is 0 Å². The summed E-state index contributed by atoms with van der Waals surface area (Å²) < 4.78 is 62.1. The van der Waals surface area contributed by atoms with Crippen molar-refractivity contribution in [1.82, 2.24) is 9.78 Å². The van der Waals surface area contributed by atoms with Crippen molar-refractivity contribution in [3.05, 3.63) is 76.9 Å². The average Bonchev–Trinajstić information content (AvgIpc) is 3.09. The van der Waals surface area contributed by atoms with E-state index in [1.165, 1.54) is 10.9 Å². The third kappa shape index (κ3) is 4.60. The third-order valence-corrected chi connectivity index (χ3v) is 5.69. The highest BCUT2D eigenvalue weighted by Crippen LogP contribution is 2.30. The lowest BCUT2D eigenvalue weighted by atomic mass is 10.2. The molecule has 0 spiro atoms. The Hall–Kier alpha value is -2.85. The van der Waals surface area contributed by atoms with Crippen LogP contribution in [0.25, 0.3) is 0 Å². The smallest absolute Gasteiger partial charge is 0.307 e. The maximum Gasteiger partial charge on any atom is 0.501 e. The van der Waals surface area contributed by atoms with Gasteiger partial charge in [0, 0.05) is 16.7 Å². The zero-order valence-corrected chi connectivity index (χ0v) is 16.1. The number of anilines is 1. The number of nitrogens with zero attached hydrogens (tertiary/aromatic N) is 2. The van der Waals surface area contributed by atoms with Crippen LogP contribution in [-0.4, -0.2) is 29.6 Å². The molecule has 0 unspecified atom stereocenters. The van der Waals surface area contributed by atoms with Gasteiger partial charge in [-0.25, -0.2) is 13.1 Å². The fourth-order valence-corrected chi connectivity index (χ4v) is 3.32. The zero-order valence-electron chi connectivity index (χ0n) is 14.5. The van der Waals surface area contributed by atoms with E-state index in [0.29, 0.717) is 17.4 Å². The molecular formula is C18H13ClF3N3O3S. The van der Waals surface area contributed by atoms with E-state index in [1.807, 2.05) is 0 Å². The van der Waals surface area contributed by atoms with Crippen molar-refractivity contribution < 1.29 is 26.4 Å². The minimum Gasteiger partial charge on any atom is -0.307 e. The van der Waals surface area contributed by atoms with Gasteiger partial charge in [-0.1, -0.05) is 23.7 Å². The van der Waals surface area contributed by atoms with E-state index in [4.69, 9.17) is 11.6 Å². The first-order valence-corrected chi connectivity index (χ1v) is 9.93. The Labute approximate surface area is 168 Å². The Morgan fingerprint density at radius 1 is 1.03 bits per heavy atom. The maximum absolute atomic E-state index is 12.6. The van der Waals surface area contributed by atoms with Crippen LogP contribution in [0.3, 0.4) is 0 Å². The lowest BCUT2D eigenvalue weighted by Gasteiger charge is -2.10. The van der Waals surface area contributed by atoms with Crippen molar-refractivity contribution >= 4 is 33.2 Å². The standard InChI is InChI=1S/C18H13ClF3N3O3S/c19-14-5-1-12(2-6-14)11-25-16(9-10-23-25)24-17(26)13-3-7-15(8-4-13)29(27,28)18(20,21)22/h1-10H,11H2,(H,24,26). The fourth-order valence-electron chi connectivity index (χ4n) is 2.44. The Kier molecular flexibility index (Phi) is 5.67. The number of amides is 1. The van der Waals surface area contributed by atoms with Gasteiger partial charge < -0.3 is 5.32 Å². The van der Waals surface area contributed by atoms with E-state index >= 15 is 0 Å². The number of hydrogen-bond donors (Lipinski definition) is 1. The molecule has 0 bridgehead atoms. The summed E-state index contributed by atoms with van der Waals surface area (Å²) in [7, 11) is -5.47. The van der Waals surface area contributed by atoms with Crippen LogP contribution in [0.1, 0.15) is 15.9 Å². The van der Waals surface area contributed by atoms with Crippen LogP contribution < -0.4 is 5.32 Å². The third-order valence-electron chi connectivity index (χ3n) is 3.94.